The highest BCUT2D eigenvalue weighted by molar-refractivity contribution is 4.80. The molecule has 182 valence electrons. The molecule has 0 radical (unpaired) electrons. The first-order valence-corrected chi connectivity index (χ1v) is 13.8. The Bertz CT molecular complexity index is 309. The highest BCUT2D eigenvalue weighted by Crippen LogP contribution is 2.36. The van der Waals surface area contributed by atoms with E-state index < -0.39 is 0 Å². The number of rotatable bonds is 24. The fourth-order valence-corrected chi connectivity index (χ4v) is 4.90. The molecule has 0 aromatic heterocycles. The summed E-state index contributed by atoms with van der Waals surface area (Å²) in [6.45, 7) is 6.88. The second kappa shape index (κ2) is 22.1. The fraction of sp³-hybridized carbons (Fsp3) is 1.00. The molecule has 0 saturated heterocycles. The van der Waals surface area contributed by atoms with E-state index in [2.05, 4.69) is 20.8 Å². The van der Waals surface area contributed by atoms with Gasteiger partial charge in [-0.3, -0.25) is 0 Å². The molecule has 0 aliphatic carbocycles. The molecule has 0 fully saturated rings. The third-order valence-corrected chi connectivity index (χ3v) is 7.00. The van der Waals surface area contributed by atoms with Crippen LogP contribution in [0.1, 0.15) is 156 Å². The van der Waals surface area contributed by atoms with E-state index in [0.717, 1.165) is 6.42 Å². The highest BCUT2D eigenvalue weighted by Gasteiger charge is 2.37. The van der Waals surface area contributed by atoms with Gasteiger partial charge in [0.25, 0.3) is 0 Å². The van der Waals surface area contributed by atoms with E-state index in [1.807, 2.05) is 14.2 Å². The molecule has 0 aromatic carbocycles. The Balaban J connectivity index is 4.63. The van der Waals surface area contributed by atoms with Crippen LogP contribution in [0.2, 0.25) is 0 Å². The first-order valence-electron chi connectivity index (χ1n) is 13.8. The third kappa shape index (κ3) is 14.8. The van der Waals surface area contributed by atoms with Crippen LogP contribution in [0.3, 0.4) is 0 Å². The normalized spacial score (nSPS) is 12.2. The Labute approximate surface area is 191 Å². The smallest absolute Gasteiger partial charge is 0.170 e. The summed E-state index contributed by atoms with van der Waals surface area (Å²) in [7, 11) is 3.77. The van der Waals surface area contributed by atoms with Crippen LogP contribution in [0, 0.1) is 5.92 Å². The summed E-state index contributed by atoms with van der Waals surface area (Å²) < 4.78 is 12.3. The summed E-state index contributed by atoms with van der Waals surface area (Å²) in [6.07, 6.45) is 28.0. The Morgan fingerprint density at radius 1 is 0.467 bits per heavy atom. The summed E-state index contributed by atoms with van der Waals surface area (Å²) in [5, 5.41) is 0. The van der Waals surface area contributed by atoms with Gasteiger partial charge in [-0.15, -0.1) is 0 Å². The molecule has 2 heteroatoms. The lowest BCUT2D eigenvalue weighted by Gasteiger charge is -2.39. The highest BCUT2D eigenvalue weighted by atomic mass is 16.7. The second-order valence-electron chi connectivity index (χ2n) is 9.55. The van der Waals surface area contributed by atoms with Gasteiger partial charge in [-0.05, 0) is 19.3 Å². The molecule has 0 heterocycles. The van der Waals surface area contributed by atoms with Crippen molar-refractivity contribution < 1.29 is 9.47 Å². The van der Waals surface area contributed by atoms with Crippen molar-refractivity contribution in [2.24, 2.45) is 5.92 Å². The van der Waals surface area contributed by atoms with Crippen LogP contribution in [0.25, 0.3) is 0 Å². The molecule has 0 aromatic rings. The molecule has 0 amide bonds. The number of hydrogen-bond donors (Lipinski definition) is 0. The molecular weight excluding hydrogens is 368 g/mol. The zero-order valence-electron chi connectivity index (χ0n) is 21.7. The van der Waals surface area contributed by atoms with Gasteiger partial charge in [-0.1, -0.05) is 130 Å². The quantitative estimate of drug-likeness (QED) is 0.113. The minimum atomic E-state index is -0.363. The van der Waals surface area contributed by atoms with Crippen molar-refractivity contribution in [2.45, 2.75) is 161 Å². The average Bonchev–Trinajstić information content (AvgIpc) is 2.77. The monoisotopic (exact) mass is 426 g/mol. The zero-order chi connectivity index (χ0) is 22.3. The Hall–Kier alpha value is -0.0800. The van der Waals surface area contributed by atoms with Gasteiger partial charge in [0.2, 0.25) is 0 Å². The Kier molecular flexibility index (Phi) is 22.1. The van der Waals surface area contributed by atoms with Crippen molar-refractivity contribution in [3.8, 4) is 0 Å². The van der Waals surface area contributed by atoms with Gasteiger partial charge < -0.3 is 9.47 Å². The van der Waals surface area contributed by atoms with Crippen molar-refractivity contribution in [3.05, 3.63) is 0 Å². The third-order valence-electron chi connectivity index (χ3n) is 7.00. The van der Waals surface area contributed by atoms with Gasteiger partial charge in [0.15, 0.2) is 5.79 Å². The maximum absolute atomic E-state index is 6.15. The van der Waals surface area contributed by atoms with E-state index in [4.69, 9.17) is 9.47 Å². The van der Waals surface area contributed by atoms with Gasteiger partial charge >= 0.3 is 0 Å². The molecule has 0 aliphatic rings. The van der Waals surface area contributed by atoms with Gasteiger partial charge in [0, 0.05) is 26.6 Å². The number of hydrogen-bond acceptors (Lipinski definition) is 2. The number of unbranched alkanes of at least 4 members (excludes halogenated alkanes) is 15. The standard InChI is InChI=1S/C28H58O2/c1-6-9-12-15-18-21-24-27(25-22-19-16-13-10-7-2)28(29-4,30-5)26-23-20-17-14-11-8-3/h27H,6-26H2,1-5H3. The Morgan fingerprint density at radius 2 is 0.800 bits per heavy atom. The van der Waals surface area contributed by atoms with Gasteiger partial charge in [0.05, 0.1) is 0 Å². The van der Waals surface area contributed by atoms with Crippen LogP contribution in [0.5, 0.6) is 0 Å². The van der Waals surface area contributed by atoms with Crippen LogP contribution < -0.4 is 0 Å². The van der Waals surface area contributed by atoms with E-state index in [9.17, 15) is 0 Å². The summed E-state index contributed by atoms with van der Waals surface area (Å²) in [6, 6.07) is 0. The lowest BCUT2D eigenvalue weighted by atomic mass is 9.84. The molecule has 0 rings (SSSR count). The largest absolute Gasteiger partial charge is 0.353 e. The van der Waals surface area contributed by atoms with Crippen molar-refractivity contribution in [2.75, 3.05) is 14.2 Å². The van der Waals surface area contributed by atoms with Crippen molar-refractivity contribution in [1.29, 1.82) is 0 Å². The maximum atomic E-state index is 6.15. The SMILES string of the molecule is CCCCCCCCC(CCCCCCCC)C(CCCCCCCC)(OC)OC. The van der Waals surface area contributed by atoms with Crippen LogP contribution in [-0.2, 0) is 9.47 Å². The van der Waals surface area contributed by atoms with Crippen molar-refractivity contribution in [1.82, 2.24) is 0 Å². The van der Waals surface area contributed by atoms with E-state index >= 15 is 0 Å². The summed E-state index contributed by atoms with van der Waals surface area (Å²) in [5.41, 5.74) is 0. The predicted molar refractivity (Wildman–Crippen MR) is 134 cm³/mol. The van der Waals surface area contributed by atoms with Crippen LogP contribution in [-0.4, -0.2) is 20.0 Å². The first-order chi connectivity index (χ1) is 14.7. The van der Waals surface area contributed by atoms with E-state index in [-0.39, 0.29) is 5.79 Å². The molecule has 0 aliphatic heterocycles. The minimum Gasteiger partial charge on any atom is -0.353 e. The van der Waals surface area contributed by atoms with E-state index in [0.29, 0.717) is 5.92 Å². The van der Waals surface area contributed by atoms with E-state index in [1.165, 1.54) is 128 Å². The summed E-state index contributed by atoms with van der Waals surface area (Å²) >= 11 is 0. The molecule has 0 spiro atoms. The van der Waals surface area contributed by atoms with Gasteiger partial charge in [0.1, 0.15) is 0 Å². The number of methoxy groups -OCH3 is 2. The lowest BCUT2D eigenvalue weighted by Crippen LogP contribution is -2.42. The lowest BCUT2D eigenvalue weighted by molar-refractivity contribution is -0.247. The zero-order valence-corrected chi connectivity index (χ0v) is 21.7. The van der Waals surface area contributed by atoms with Crippen LogP contribution in [0.4, 0.5) is 0 Å². The van der Waals surface area contributed by atoms with Crippen molar-refractivity contribution >= 4 is 0 Å². The maximum Gasteiger partial charge on any atom is 0.170 e. The van der Waals surface area contributed by atoms with Crippen LogP contribution >= 0.6 is 0 Å². The van der Waals surface area contributed by atoms with Crippen LogP contribution in [0.15, 0.2) is 0 Å². The minimum absolute atomic E-state index is 0.363. The molecule has 30 heavy (non-hydrogen) atoms. The number of ether oxygens (including phenoxy) is 2. The van der Waals surface area contributed by atoms with Gasteiger partial charge in [-0.2, -0.15) is 0 Å². The molecule has 0 N–H and O–H groups in total. The molecule has 0 bridgehead atoms. The van der Waals surface area contributed by atoms with Crippen molar-refractivity contribution in [3.63, 3.8) is 0 Å². The average molecular weight is 427 g/mol. The topological polar surface area (TPSA) is 18.5 Å². The predicted octanol–water partition coefficient (Wildman–Crippen LogP) is 9.84. The molecule has 0 saturated carbocycles. The molecule has 0 unspecified atom stereocenters. The molecule has 0 atom stereocenters. The first kappa shape index (κ1) is 29.9. The van der Waals surface area contributed by atoms with E-state index in [1.54, 1.807) is 0 Å². The van der Waals surface area contributed by atoms with Gasteiger partial charge in [-0.25, -0.2) is 0 Å². The summed E-state index contributed by atoms with van der Waals surface area (Å²) in [4.78, 5) is 0. The Morgan fingerprint density at radius 3 is 1.17 bits per heavy atom. The molecule has 2 nitrogen and oxygen atoms in total. The second-order valence-corrected chi connectivity index (χ2v) is 9.55. The fourth-order valence-electron chi connectivity index (χ4n) is 4.90. The molecular formula is C28H58O2. The summed E-state index contributed by atoms with van der Waals surface area (Å²) in [5.74, 6) is 0.179.